The molecule has 2 aromatic carbocycles. The predicted molar refractivity (Wildman–Crippen MR) is 134 cm³/mol. The van der Waals surface area contributed by atoms with Gasteiger partial charge in [-0.15, -0.1) is 0 Å². The lowest BCUT2D eigenvalue weighted by Crippen LogP contribution is -2.44. The molecule has 3 heterocycles. The number of halogens is 2. The average Bonchev–Trinajstić information content (AvgIpc) is 3.18. The van der Waals surface area contributed by atoms with E-state index in [0.29, 0.717) is 11.4 Å². The Balaban J connectivity index is 1.40. The van der Waals surface area contributed by atoms with E-state index in [-0.39, 0.29) is 33.9 Å². The van der Waals surface area contributed by atoms with Crippen molar-refractivity contribution in [2.45, 2.75) is 6.92 Å². The summed E-state index contributed by atoms with van der Waals surface area (Å²) in [6.07, 6.45) is 1.20. The molecule has 0 aliphatic carbocycles. The molecule has 5 rings (SSSR count). The van der Waals surface area contributed by atoms with Crippen molar-refractivity contribution in [3.05, 3.63) is 65.6 Å². The molecule has 0 amide bonds. The van der Waals surface area contributed by atoms with Crippen LogP contribution in [0.25, 0.3) is 10.9 Å². The first-order chi connectivity index (χ1) is 17.4. The molecule has 1 aliphatic heterocycles. The summed E-state index contributed by atoms with van der Waals surface area (Å²) in [6.45, 7) is 5.69. The molecular formula is C26H25F2N7O. The van der Waals surface area contributed by atoms with E-state index < -0.39 is 11.6 Å². The summed E-state index contributed by atoms with van der Waals surface area (Å²) in [7, 11) is 3.77. The predicted octanol–water partition coefficient (Wildman–Crippen LogP) is 4.71. The van der Waals surface area contributed by atoms with Crippen molar-refractivity contribution in [1.82, 2.24) is 19.4 Å². The van der Waals surface area contributed by atoms with Gasteiger partial charge in [0.1, 0.15) is 12.4 Å². The maximum absolute atomic E-state index is 15.2. The van der Waals surface area contributed by atoms with Crippen molar-refractivity contribution < 1.29 is 13.5 Å². The zero-order valence-corrected chi connectivity index (χ0v) is 20.2. The Morgan fingerprint density at radius 3 is 2.44 bits per heavy atom. The molecule has 0 spiro atoms. The van der Waals surface area contributed by atoms with Crippen LogP contribution in [0.4, 0.5) is 26.0 Å². The Bertz CT molecular complexity index is 1470. The van der Waals surface area contributed by atoms with Crippen molar-refractivity contribution in [2.75, 3.05) is 43.4 Å². The topological polar surface area (TPSA) is 82.2 Å². The van der Waals surface area contributed by atoms with Crippen molar-refractivity contribution in [1.29, 1.82) is 5.26 Å². The fraction of sp³-hybridized carbons (Fsp3) is 0.269. The Morgan fingerprint density at radius 2 is 1.75 bits per heavy atom. The Labute approximate surface area is 207 Å². The lowest BCUT2D eigenvalue weighted by atomic mass is 10.2. The lowest BCUT2D eigenvalue weighted by Gasteiger charge is -2.34. The number of anilines is 3. The normalized spacial score (nSPS) is 14.2. The van der Waals surface area contributed by atoms with Gasteiger partial charge in [-0.3, -0.25) is 0 Å². The van der Waals surface area contributed by atoms with Crippen LogP contribution in [0.15, 0.2) is 42.7 Å². The third-order valence-corrected chi connectivity index (χ3v) is 6.54. The molecule has 8 nitrogen and oxygen atoms in total. The van der Waals surface area contributed by atoms with Crippen molar-refractivity contribution >= 4 is 28.1 Å². The number of aromatic nitrogens is 3. The fourth-order valence-corrected chi connectivity index (χ4v) is 4.34. The van der Waals surface area contributed by atoms with E-state index in [2.05, 4.69) is 32.1 Å². The second-order valence-electron chi connectivity index (χ2n) is 8.86. The molecule has 1 aliphatic rings. The van der Waals surface area contributed by atoms with Crippen molar-refractivity contribution in [2.24, 2.45) is 7.05 Å². The Hall–Kier alpha value is -4.23. The van der Waals surface area contributed by atoms with Crippen LogP contribution in [0.3, 0.4) is 0 Å². The van der Waals surface area contributed by atoms with Crippen LogP contribution < -0.4 is 15.0 Å². The highest BCUT2D eigenvalue weighted by molar-refractivity contribution is 5.84. The highest BCUT2D eigenvalue weighted by atomic mass is 19.1. The number of fused-ring (bicyclic) bond motifs is 1. The molecule has 0 atom stereocenters. The van der Waals surface area contributed by atoms with Gasteiger partial charge in [-0.25, -0.2) is 18.7 Å². The van der Waals surface area contributed by atoms with Crippen LogP contribution in [0, 0.1) is 29.9 Å². The fourth-order valence-electron chi connectivity index (χ4n) is 4.34. The molecule has 2 aromatic heterocycles. The van der Waals surface area contributed by atoms with Crippen LogP contribution in [0.2, 0.25) is 0 Å². The van der Waals surface area contributed by atoms with Crippen molar-refractivity contribution in [3.63, 3.8) is 0 Å². The SMILES string of the molecule is Cc1cc2c(F)c(Oc3ncnc(Nc4ccc(N5CCN(C)CC5)cc4)c3C#N)cc(F)c2n1C. The molecule has 4 aromatic rings. The number of piperazine rings is 1. The van der Waals surface area contributed by atoms with E-state index in [1.54, 1.807) is 24.6 Å². The third-order valence-electron chi connectivity index (χ3n) is 6.54. The lowest BCUT2D eigenvalue weighted by molar-refractivity contribution is 0.313. The van der Waals surface area contributed by atoms with E-state index in [0.717, 1.165) is 37.9 Å². The number of ether oxygens (including phenoxy) is 1. The first-order valence-electron chi connectivity index (χ1n) is 11.5. The zero-order chi connectivity index (χ0) is 25.4. The maximum atomic E-state index is 15.2. The smallest absolute Gasteiger partial charge is 0.242 e. The van der Waals surface area contributed by atoms with Gasteiger partial charge in [-0.2, -0.15) is 5.26 Å². The summed E-state index contributed by atoms with van der Waals surface area (Å²) >= 11 is 0. The summed E-state index contributed by atoms with van der Waals surface area (Å²) in [6, 6.07) is 12.3. The van der Waals surface area contributed by atoms with Crippen LogP contribution in [0.1, 0.15) is 11.3 Å². The number of nitriles is 1. The van der Waals surface area contributed by atoms with Gasteiger partial charge >= 0.3 is 0 Å². The standard InChI is InChI=1S/C26H25F2N7O/c1-16-12-19-23(28)22(13-21(27)24(19)34(16)3)36-26-20(14-29)25(30-15-31-26)32-17-4-6-18(7-5-17)35-10-8-33(2)9-11-35/h4-7,12-13,15H,8-11H2,1-3H3,(H,30,31,32). The minimum atomic E-state index is -0.730. The largest absolute Gasteiger partial charge is 0.434 e. The van der Waals surface area contributed by atoms with Crippen LogP contribution in [-0.4, -0.2) is 52.7 Å². The molecule has 1 fully saturated rings. The summed E-state index contributed by atoms with van der Waals surface area (Å²) in [4.78, 5) is 12.8. The summed E-state index contributed by atoms with van der Waals surface area (Å²) in [5.74, 6) is -1.69. The van der Waals surface area contributed by atoms with Gasteiger partial charge in [-0.05, 0) is 44.3 Å². The Morgan fingerprint density at radius 1 is 1.03 bits per heavy atom. The van der Waals surface area contributed by atoms with Gasteiger partial charge in [0.15, 0.2) is 28.8 Å². The number of nitrogens with one attached hydrogen (secondary N) is 1. The van der Waals surface area contributed by atoms with Gasteiger partial charge in [0.2, 0.25) is 5.88 Å². The van der Waals surface area contributed by atoms with Gasteiger partial charge in [0.25, 0.3) is 0 Å². The number of nitrogens with zero attached hydrogens (tertiary/aromatic N) is 6. The quantitative estimate of drug-likeness (QED) is 0.435. The first-order valence-corrected chi connectivity index (χ1v) is 11.5. The van der Waals surface area contributed by atoms with E-state index in [4.69, 9.17) is 4.74 Å². The molecule has 0 saturated carbocycles. The minimum Gasteiger partial charge on any atom is -0.434 e. The first kappa shape index (κ1) is 23.5. The summed E-state index contributed by atoms with van der Waals surface area (Å²) < 4.78 is 37.1. The monoisotopic (exact) mass is 489 g/mol. The van der Waals surface area contributed by atoms with E-state index in [1.807, 2.05) is 30.3 Å². The molecule has 1 N–H and O–H groups in total. The van der Waals surface area contributed by atoms with Gasteiger partial charge in [0, 0.05) is 61.7 Å². The molecule has 0 bridgehead atoms. The van der Waals surface area contributed by atoms with E-state index in [9.17, 15) is 9.65 Å². The van der Waals surface area contributed by atoms with Gasteiger partial charge < -0.3 is 24.4 Å². The summed E-state index contributed by atoms with van der Waals surface area (Å²) in [5, 5.41) is 13.0. The maximum Gasteiger partial charge on any atom is 0.242 e. The Kier molecular flexibility index (Phi) is 6.16. The number of rotatable bonds is 5. The molecule has 1 saturated heterocycles. The second-order valence-corrected chi connectivity index (χ2v) is 8.86. The highest BCUT2D eigenvalue weighted by Crippen LogP contribution is 2.35. The summed E-state index contributed by atoms with van der Waals surface area (Å²) in [5.41, 5.74) is 2.65. The number of hydrogen-bond acceptors (Lipinski definition) is 7. The van der Waals surface area contributed by atoms with Crippen LogP contribution in [-0.2, 0) is 7.05 Å². The molecule has 184 valence electrons. The minimum absolute atomic E-state index is 0.0233. The van der Waals surface area contributed by atoms with Gasteiger partial charge in [-0.1, -0.05) is 0 Å². The van der Waals surface area contributed by atoms with E-state index >= 15 is 4.39 Å². The number of aryl methyl sites for hydroxylation is 2. The molecule has 0 unspecified atom stereocenters. The van der Waals surface area contributed by atoms with Crippen LogP contribution in [0.5, 0.6) is 11.6 Å². The van der Waals surface area contributed by atoms with Crippen molar-refractivity contribution in [3.8, 4) is 17.7 Å². The third kappa shape index (κ3) is 4.29. The molecule has 0 radical (unpaired) electrons. The number of hydrogen-bond donors (Lipinski definition) is 1. The molecule has 10 heteroatoms. The number of likely N-dealkylation sites (N-methyl/N-ethyl adjacent to an activating group) is 1. The second kappa shape index (κ2) is 9.43. The average molecular weight is 490 g/mol. The van der Waals surface area contributed by atoms with E-state index in [1.165, 1.54) is 6.33 Å². The van der Waals surface area contributed by atoms with Gasteiger partial charge in [0.05, 0.1) is 5.52 Å². The molecule has 36 heavy (non-hydrogen) atoms. The number of benzene rings is 2. The zero-order valence-electron chi connectivity index (χ0n) is 20.2. The highest BCUT2D eigenvalue weighted by Gasteiger charge is 2.21. The van der Waals surface area contributed by atoms with Crippen LogP contribution >= 0.6 is 0 Å². The molecular weight excluding hydrogens is 464 g/mol.